The Hall–Kier alpha value is -1.59. The van der Waals surface area contributed by atoms with Crippen LogP contribution < -0.4 is 10.6 Å². The Labute approximate surface area is 163 Å². The Bertz CT molecular complexity index is 531. The number of rotatable bonds is 9. The van der Waals surface area contributed by atoms with Crippen molar-refractivity contribution in [3.05, 3.63) is 35.9 Å². The normalized spacial score (nSPS) is 14.6. The third-order valence-corrected chi connectivity index (χ3v) is 4.72. The molecule has 1 aromatic rings. The summed E-state index contributed by atoms with van der Waals surface area (Å²) in [4.78, 5) is 26.4. The van der Waals surface area contributed by atoms with Crippen molar-refractivity contribution in [2.45, 2.75) is 39.0 Å². The van der Waals surface area contributed by atoms with Gasteiger partial charge >= 0.3 is 0 Å². The van der Waals surface area contributed by atoms with Crippen molar-refractivity contribution >= 4 is 24.2 Å². The molecule has 0 bridgehead atoms. The van der Waals surface area contributed by atoms with Crippen molar-refractivity contribution in [3.8, 4) is 0 Å². The molecule has 2 amide bonds. The summed E-state index contributed by atoms with van der Waals surface area (Å²) in [5, 5.41) is 6.27. The van der Waals surface area contributed by atoms with Crippen LogP contribution in [-0.2, 0) is 16.0 Å². The average Bonchev–Trinajstić information content (AvgIpc) is 2.66. The topological polar surface area (TPSA) is 61.4 Å². The van der Waals surface area contributed by atoms with Crippen LogP contribution in [0.2, 0.25) is 0 Å². The second-order valence-electron chi connectivity index (χ2n) is 6.68. The summed E-state index contributed by atoms with van der Waals surface area (Å²) < 4.78 is 0. The molecule has 6 heteroatoms. The summed E-state index contributed by atoms with van der Waals surface area (Å²) in [7, 11) is 0. The highest BCUT2D eigenvalue weighted by molar-refractivity contribution is 5.85. The van der Waals surface area contributed by atoms with E-state index < -0.39 is 0 Å². The average molecular weight is 382 g/mol. The van der Waals surface area contributed by atoms with Crippen molar-refractivity contribution in [2.75, 3.05) is 32.7 Å². The van der Waals surface area contributed by atoms with E-state index in [0.717, 1.165) is 38.8 Å². The number of aryl methyl sites for hydroxylation is 1. The van der Waals surface area contributed by atoms with Gasteiger partial charge in [0.05, 0.1) is 0 Å². The van der Waals surface area contributed by atoms with E-state index in [0.29, 0.717) is 26.1 Å². The summed E-state index contributed by atoms with van der Waals surface area (Å²) >= 11 is 0. The molecule has 1 aromatic carbocycles. The van der Waals surface area contributed by atoms with Crippen LogP contribution in [0, 0.1) is 5.92 Å². The molecule has 1 saturated heterocycles. The third kappa shape index (κ3) is 7.75. The maximum atomic E-state index is 12.3. The zero-order valence-electron chi connectivity index (χ0n) is 15.7. The number of nitrogens with one attached hydrogen (secondary N) is 2. The van der Waals surface area contributed by atoms with Crippen molar-refractivity contribution in [1.82, 2.24) is 15.5 Å². The van der Waals surface area contributed by atoms with Crippen LogP contribution in [0.4, 0.5) is 0 Å². The molecule has 0 atom stereocenters. The minimum atomic E-state index is 0. The molecule has 26 heavy (non-hydrogen) atoms. The fourth-order valence-corrected chi connectivity index (χ4v) is 3.17. The van der Waals surface area contributed by atoms with Gasteiger partial charge in [-0.2, -0.15) is 0 Å². The number of carbonyl (C=O) groups excluding carboxylic acids is 2. The summed E-state index contributed by atoms with van der Waals surface area (Å²) in [5.74, 6) is 0.380. The Kier molecular flexibility index (Phi) is 11.0. The van der Waals surface area contributed by atoms with Crippen LogP contribution in [0.15, 0.2) is 30.3 Å². The standard InChI is InChI=1S/C20H31N3O2.ClH/c1-2-12-21-13-14-22-20(25)18-10-15-23(16-11-18)19(24)9-8-17-6-4-3-5-7-17;/h3-7,18,21H,2,8-16H2,1H3,(H,22,25);1H. The lowest BCUT2D eigenvalue weighted by Crippen LogP contribution is -2.44. The molecule has 0 spiro atoms. The van der Waals surface area contributed by atoms with Gasteiger partial charge in [-0.25, -0.2) is 0 Å². The first-order valence-corrected chi connectivity index (χ1v) is 9.51. The second-order valence-corrected chi connectivity index (χ2v) is 6.68. The molecule has 2 rings (SSSR count). The first kappa shape index (κ1) is 22.5. The molecule has 146 valence electrons. The van der Waals surface area contributed by atoms with Crippen LogP contribution in [0.1, 0.15) is 38.2 Å². The molecule has 0 unspecified atom stereocenters. The van der Waals surface area contributed by atoms with Crippen molar-refractivity contribution in [3.63, 3.8) is 0 Å². The zero-order valence-corrected chi connectivity index (χ0v) is 16.5. The maximum Gasteiger partial charge on any atom is 0.223 e. The number of hydrogen-bond donors (Lipinski definition) is 2. The van der Waals surface area contributed by atoms with E-state index in [4.69, 9.17) is 0 Å². The summed E-state index contributed by atoms with van der Waals surface area (Å²) in [5.41, 5.74) is 1.20. The van der Waals surface area contributed by atoms with E-state index in [1.165, 1.54) is 5.56 Å². The van der Waals surface area contributed by atoms with Gasteiger partial charge in [-0.3, -0.25) is 9.59 Å². The quantitative estimate of drug-likeness (QED) is 0.646. The Balaban J connectivity index is 0.00000338. The molecule has 1 aliphatic rings. The third-order valence-electron chi connectivity index (χ3n) is 4.72. The van der Waals surface area contributed by atoms with Crippen molar-refractivity contribution < 1.29 is 9.59 Å². The summed E-state index contributed by atoms with van der Waals surface area (Å²) in [6, 6.07) is 10.1. The Morgan fingerprint density at radius 3 is 2.42 bits per heavy atom. The number of piperidine rings is 1. The first-order valence-electron chi connectivity index (χ1n) is 9.51. The van der Waals surface area contributed by atoms with Gasteiger partial charge in [0, 0.05) is 38.5 Å². The number of halogens is 1. The van der Waals surface area contributed by atoms with Crippen LogP contribution in [0.3, 0.4) is 0 Å². The molecule has 1 heterocycles. The minimum Gasteiger partial charge on any atom is -0.355 e. The van der Waals surface area contributed by atoms with E-state index in [9.17, 15) is 9.59 Å². The van der Waals surface area contributed by atoms with Gasteiger partial charge in [-0.1, -0.05) is 37.3 Å². The highest BCUT2D eigenvalue weighted by atomic mass is 35.5. The van der Waals surface area contributed by atoms with E-state index in [1.54, 1.807) is 0 Å². The molecule has 0 radical (unpaired) electrons. The SMILES string of the molecule is CCCNCCNC(=O)C1CCN(C(=O)CCc2ccccc2)CC1.Cl. The van der Waals surface area contributed by atoms with E-state index in [-0.39, 0.29) is 30.1 Å². The predicted molar refractivity (Wildman–Crippen MR) is 107 cm³/mol. The van der Waals surface area contributed by atoms with Gasteiger partial charge in [0.15, 0.2) is 0 Å². The summed E-state index contributed by atoms with van der Waals surface area (Å²) in [6.07, 6.45) is 3.97. The second kappa shape index (κ2) is 12.7. The van der Waals surface area contributed by atoms with Crippen LogP contribution in [0.25, 0.3) is 0 Å². The van der Waals surface area contributed by atoms with Crippen LogP contribution in [0.5, 0.6) is 0 Å². The van der Waals surface area contributed by atoms with E-state index in [2.05, 4.69) is 29.7 Å². The molecule has 1 fully saturated rings. The van der Waals surface area contributed by atoms with Crippen LogP contribution in [-0.4, -0.2) is 49.4 Å². The minimum absolute atomic E-state index is 0. The Morgan fingerprint density at radius 2 is 1.77 bits per heavy atom. The fraction of sp³-hybridized carbons (Fsp3) is 0.600. The molecule has 5 nitrogen and oxygen atoms in total. The highest BCUT2D eigenvalue weighted by Crippen LogP contribution is 2.18. The molecule has 0 aromatic heterocycles. The van der Waals surface area contributed by atoms with Crippen LogP contribution >= 0.6 is 12.4 Å². The number of carbonyl (C=O) groups is 2. The van der Waals surface area contributed by atoms with Crippen molar-refractivity contribution in [2.24, 2.45) is 5.92 Å². The molecule has 1 aliphatic heterocycles. The van der Waals surface area contributed by atoms with Gasteiger partial charge in [0.25, 0.3) is 0 Å². The lowest BCUT2D eigenvalue weighted by atomic mass is 9.95. The number of likely N-dealkylation sites (tertiary alicyclic amines) is 1. The summed E-state index contributed by atoms with van der Waals surface area (Å²) in [6.45, 7) is 5.99. The molecule has 2 N–H and O–H groups in total. The first-order chi connectivity index (χ1) is 12.2. The van der Waals surface area contributed by atoms with Crippen molar-refractivity contribution in [1.29, 1.82) is 0 Å². The monoisotopic (exact) mass is 381 g/mol. The Morgan fingerprint density at radius 1 is 1.08 bits per heavy atom. The number of hydrogen-bond acceptors (Lipinski definition) is 3. The van der Waals surface area contributed by atoms with Gasteiger partial charge < -0.3 is 15.5 Å². The highest BCUT2D eigenvalue weighted by Gasteiger charge is 2.26. The molecule has 0 aliphatic carbocycles. The van der Waals surface area contributed by atoms with Gasteiger partial charge in [-0.05, 0) is 37.8 Å². The number of benzene rings is 1. The predicted octanol–water partition coefficient (Wildman–Crippen LogP) is 2.40. The van der Waals surface area contributed by atoms with E-state index >= 15 is 0 Å². The lowest BCUT2D eigenvalue weighted by molar-refractivity contribution is -0.135. The number of nitrogens with zero attached hydrogens (tertiary/aromatic N) is 1. The largest absolute Gasteiger partial charge is 0.355 e. The fourth-order valence-electron chi connectivity index (χ4n) is 3.17. The lowest BCUT2D eigenvalue weighted by Gasteiger charge is -2.31. The molecular formula is C20H32ClN3O2. The molecular weight excluding hydrogens is 350 g/mol. The smallest absolute Gasteiger partial charge is 0.223 e. The number of amides is 2. The maximum absolute atomic E-state index is 12.3. The zero-order chi connectivity index (χ0) is 17.9. The van der Waals surface area contributed by atoms with Gasteiger partial charge in [0.2, 0.25) is 11.8 Å². The van der Waals surface area contributed by atoms with Gasteiger partial charge in [-0.15, -0.1) is 12.4 Å². The molecule has 0 saturated carbocycles. The van der Waals surface area contributed by atoms with E-state index in [1.807, 2.05) is 23.1 Å². The van der Waals surface area contributed by atoms with Gasteiger partial charge in [0.1, 0.15) is 0 Å².